The third-order valence-electron chi connectivity index (χ3n) is 3.49. The Morgan fingerprint density at radius 3 is 1.43 bits per heavy atom. The van der Waals surface area contributed by atoms with E-state index in [-0.39, 0.29) is 0 Å². The third kappa shape index (κ3) is 2.48. The van der Waals surface area contributed by atoms with Crippen LogP contribution < -0.4 is 0 Å². The lowest BCUT2D eigenvalue weighted by atomic mass is 9.92. The van der Waals surface area contributed by atoms with Gasteiger partial charge in [-0.2, -0.15) is 0 Å². The zero-order valence-corrected chi connectivity index (χ0v) is 9.37. The Balaban J connectivity index is 1.78. The molecule has 14 heavy (non-hydrogen) atoms. The molecule has 1 unspecified atom stereocenters. The number of rotatable bonds is 1. The second-order valence-corrected chi connectivity index (χ2v) is 5.11. The van der Waals surface area contributed by atoms with Crippen LogP contribution in [0.1, 0.15) is 39.5 Å². The second kappa shape index (κ2) is 4.63. The fourth-order valence-electron chi connectivity index (χ4n) is 2.39. The van der Waals surface area contributed by atoms with Gasteiger partial charge in [0.15, 0.2) is 0 Å². The molecule has 0 aromatic carbocycles. The third-order valence-corrected chi connectivity index (χ3v) is 3.49. The quantitative estimate of drug-likeness (QED) is 0.645. The number of ether oxygens (including phenoxy) is 2. The van der Waals surface area contributed by atoms with Gasteiger partial charge < -0.3 is 9.47 Å². The number of hydrogen-bond acceptors (Lipinski definition) is 2. The Hall–Kier alpha value is -0.0800. The van der Waals surface area contributed by atoms with Crippen molar-refractivity contribution in [1.82, 2.24) is 0 Å². The van der Waals surface area contributed by atoms with Gasteiger partial charge >= 0.3 is 0 Å². The Bertz CT molecular complexity index is 145. The average Bonchev–Trinajstić information content (AvgIpc) is 2.21. The smallest absolute Gasteiger partial charge is 0.0836 e. The van der Waals surface area contributed by atoms with Crippen LogP contribution in [0.25, 0.3) is 0 Å². The number of hydrogen-bond donors (Lipinski definition) is 0. The maximum Gasteiger partial charge on any atom is 0.0836 e. The SMILES string of the molecule is C[C@@H]1CCC([C@@H]2CC[C@H](C)CO2)OC1. The fraction of sp³-hybridized carbons (Fsp3) is 1.00. The van der Waals surface area contributed by atoms with Crippen molar-refractivity contribution in [2.24, 2.45) is 11.8 Å². The molecule has 2 heteroatoms. The van der Waals surface area contributed by atoms with Gasteiger partial charge in [0.1, 0.15) is 0 Å². The summed E-state index contributed by atoms with van der Waals surface area (Å²) in [5.74, 6) is 1.49. The molecule has 0 aromatic heterocycles. The Labute approximate surface area is 87.0 Å². The molecule has 0 radical (unpaired) electrons. The summed E-state index contributed by atoms with van der Waals surface area (Å²) in [7, 11) is 0. The predicted octanol–water partition coefficient (Wildman–Crippen LogP) is 2.62. The van der Waals surface area contributed by atoms with E-state index < -0.39 is 0 Å². The highest BCUT2D eigenvalue weighted by atomic mass is 16.5. The van der Waals surface area contributed by atoms with Gasteiger partial charge in [0, 0.05) is 13.2 Å². The maximum atomic E-state index is 5.84. The average molecular weight is 198 g/mol. The summed E-state index contributed by atoms with van der Waals surface area (Å²) in [6, 6.07) is 0. The minimum atomic E-state index is 0.388. The predicted molar refractivity (Wildman–Crippen MR) is 56.3 cm³/mol. The van der Waals surface area contributed by atoms with Crippen LogP contribution in [-0.4, -0.2) is 25.4 Å². The standard InChI is InChI=1S/C12H22O2/c1-9-3-5-11(13-7-9)12-6-4-10(2)8-14-12/h9-12H,3-8H2,1-2H3/t9-,10+,11-,12?/m0/s1. The highest BCUT2D eigenvalue weighted by Gasteiger charge is 2.30. The molecule has 2 rings (SSSR count). The zero-order valence-electron chi connectivity index (χ0n) is 9.37. The van der Waals surface area contributed by atoms with Gasteiger partial charge in [0.05, 0.1) is 12.2 Å². The lowest BCUT2D eigenvalue weighted by Crippen LogP contribution is -2.39. The molecule has 4 atom stereocenters. The molecule has 0 aliphatic carbocycles. The van der Waals surface area contributed by atoms with Gasteiger partial charge in [-0.25, -0.2) is 0 Å². The van der Waals surface area contributed by atoms with Crippen molar-refractivity contribution in [2.45, 2.75) is 51.7 Å². The Morgan fingerprint density at radius 1 is 0.714 bits per heavy atom. The molecule has 2 saturated heterocycles. The Kier molecular flexibility index (Phi) is 3.45. The van der Waals surface area contributed by atoms with Crippen molar-refractivity contribution in [3.63, 3.8) is 0 Å². The topological polar surface area (TPSA) is 18.5 Å². The molecule has 0 bridgehead atoms. The molecular weight excluding hydrogens is 176 g/mol. The van der Waals surface area contributed by atoms with E-state index in [1.807, 2.05) is 0 Å². The summed E-state index contributed by atoms with van der Waals surface area (Å²) in [5, 5.41) is 0. The van der Waals surface area contributed by atoms with Crippen molar-refractivity contribution in [3.8, 4) is 0 Å². The molecule has 0 aromatic rings. The van der Waals surface area contributed by atoms with E-state index in [2.05, 4.69) is 13.8 Å². The molecule has 82 valence electrons. The first-order chi connectivity index (χ1) is 6.75. The van der Waals surface area contributed by atoms with Crippen molar-refractivity contribution >= 4 is 0 Å². The van der Waals surface area contributed by atoms with Gasteiger partial charge in [-0.3, -0.25) is 0 Å². The van der Waals surface area contributed by atoms with Crippen LogP contribution in [0.15, 0.2) is 0 Å². The van der Waals surface area contributed by atoms with Crippen LogP contribution in [0, 0.1) is 11.8 Å². The van der Waals surface area contributed by atoms with E-state index in [1.54, 1.807) is 0 Å². The molecule has 0 amide bonds. The maximum absolute atomic E-state index is 5.84. The van der Waals surface area contributed by atoms with E-state index in [1.165, 1.54) is 25.7 Å². The summed E-state index contributed by atoms with van der Waals surface area (Å²) < 4.78 is 11.7. The highest BCUT2D eigenvalue weighted by Crippen LogP contribution is 2.28. The first kappa shape index (κ1) is 10.4. The minimum absolute atomic E-state index is 0.388. The lowest BCUT2D eigenvalue weighted by molar-refractivity contribution is -0.127. The van der Waals surface area contributed by atoms with Crippen LogP contribution >= 0.6 is 0 Å². The van der Waals surface area contributed by atoms with Crippen LogP contribution in [0.4, 0.5) is 0 Å². The monoisotopic (exact) mass is 198 g/mol. The van der Waals surface area contributed by atoms with Crippen LogP contribution in [0.5, 0.6) is 0 Å². The molecule has 2 fully saturated rings. The van der Waals surface area contributed by atoms with Crippen molar-refractivity contribution in [3.05, 3.63) is 0 Å². The summed E-state index contributed by atoms with van der Waals surface area (Å²) >= 11 is 0. The van der Waals surface area contributed by atoms with E-state index in [0.29, 0.717) is 12.2 Å². The van der Waals surface area contributed by atoms with Crippen molar-refractivity contribution in [2.75, 3.05) is 13.2 Å². The van der Waals surface area contributed by atoms with Crippen molar-refractivity contribution < 1.29 is 9.47 Å². The molecule has 2 aliphatic heterocycles. The first-order valence-corrected chi connectivity index (χ1v) is 5.99. The molecule has 0 saturated carbocycles. The second-order valence-electron chi connectivity index (χ2n) is 5.11. The molecular formula is C12H22O2. The van der Waals surface area contributed by atoms with E-state index in [0.717, 1.165) is 25.0 Å². The van der Waals surface area contributed by atoms with Gasteiger partial charge in [-0.15, -0.1) is 0 Å². The first-order valence-electron chi connectivity index (χ1n) is 5.99. The van der Waals surface area contributed by atoms with Crippen molar-refractivity contribution in [1.29, 1.82) is 0 Å². The molecule has 2 nitrogen and oxygen atoms in total. The highest BCUT2D eigenvalue weighted by molar-refractivity contribution is 4.79. The fourth-order valence-corrected chi connectivity index (χ4v) is 2.39. The van der Waals surface area contributed by atoms with Crippen LogP contribution in [0.2, 0.25) is 0 Å². The molecule has 0 spiro atoms. The molecule has 0 N–H and O–H groups in total. The Morgan fingerprint density at radius 2 is 1.14 bits per heavy atom. The summed E-state index contributed by atoms with van der Waals surface area (Å²) in [5.41, 5.74) is 0. The normalized spacial score (nSPS) is 45.0. The van der Waals surface area contributed by atoms with Gasteiger partial charge in [-0.1, -0.05) is 13.8 Å². The van der Waals surface area contributed by atoms with E-state index in [9.17, 15) is 0 Å². The van der Waals surface area contributed by atoms with Gasteiger partial charge in [0.25, 0.3) is 0 Å². The van der Waals surface area contributed by atoms with E-state index in [4.69, 9.17) is 9.47 Å². The van der Waals surface area contributed by atoms with Gasteiger partial charge in [0.2, 0.25) is 0 Å². The molecule has 2 heterocycles. The summed E-state index contributed by atoms with van der Waals surface area (Å²) in [6.45, 7) is 6.39. The lowest BCUT2D eigenvalue weighted by Gasteiger charge is -2.36. The van der Waals surface area contributed by atoms with Crippen LogP contribution in [-0.2, 0) is 9.47 Å². The largest absolute Gasteiger partial charge is 0.375 e. The summed E-state index contributed by atoms with van der Waals surface area (Å²) in [6.07, 6.45) is 5.78. The van der Waals surface area contributed by atoms with Gasteiger partial charge in [-0.05, 0) is 37.5 Å². The summed E-state index contributed by atoms with van der Waals surface area (Å²) in [4.78, 5) is 0. The minimum Gasteiger partial charge on any atom is -0.375 e. The molecule has 2 aliphatic rings. The van der Waals surface area contributed by atoms with E-state index >= 15 is 0 Å². The zero-order chi connectivity index (χ0) is 9.97. The van der Waals surface area contributed by atoms with Crippen LogP contribution in [0.3, 0.4) is 0 Å².